The van der Waals surface area contributed by atoms with Crippen LogP contribution in [0.1, 0.15) is 46.7 Å². The van der Waals surface area contributed by atoms with Gasteiger partial charge in [-0.1, -0.05) is 6.07 Å². The van der Waals surface area contributed by atoms with Gasteiger partial charge in [0.1, 0.15) is 5.01 Å². The predicted octanol–water partition coefficient (Wildman–Crippen LogP) is 5.06. The average Bonchev–Trinajstić information content (AvgIpc) is 3.45. The van der Waals surface area contributed by atoms with Gasteiger partial charge in [-0.15, -0.1) is 11.3 Å². The molecule has 1 aliphatic carbocycles. The van der Waals surface area contributed by atoms with E-state index in [1.807, 2.05) is 0 Å². The molecule has 1 saturated carbocycles. The normalized spacial score (nSPS) is 16.7. The fourth-order valence-electron chi connectivity index (χ4n) is 3.37. The molecule has 1 N–H and O–H groups in total. The van der Waals surface area contributed by atoms with E-state index in [1.165, 1.54) is 30.6 Å². The number of aliphatic hydroxyl groups is 1. The Morgan fingerprint density at radius 1 is 1.17 bits per heavy atom. The minimum absolute atomic E-state index is 0.0971. The summed E-state index contributed by atoms with van der Waals surface area (Å²) >= 11 is 0.699. The molecule has 0 bridgehead atoms. The summed E-state index contributed by atoms with van der Waals surface area (Å²) in [4.78, 5) is 3.77. The summed E-state index contributed by atoms with van der Waals surface area (Å²) in [6.07, 6.45) is 0.288. The Morgan fingerprint density at radius 3 is 2.46 bits per heavy atom. The monoisotopic (exact) mass is 516 g/mol. The molecular weight excluding hydrogens is 495 g/mol. The highest BCUT2D eigenvalue weighted by molar-refractivity contribution is 7.11. The Bertz CT molecular complexity index is 1160. The zero-order valence-electron chi connectivity index (χ0n) is 18.3. The third kappa shape index (κ3) is 5.81. The van der Waals surface area contributed by atoms with Crippen LogP contribution in [-0.2, 0) is 12.0 Å². The van der Waals surface area contributed by atoms with Gasteiger partial charge in [-0.3, -0.25) is 0 Å². The first-order chi connectivity index (χ1) is 16.4. The number of rotatable bonds is 9. The molecule has 188 valence electrons. The lowest BCUT2D eigenvalue weighted by molar-refractivity contribution is -0.605. The van der Waals surface area contributed by atoms with Gasteiger partial charge in [0.15, 0.2) is 29.5 Å². The number of hydrogen-bond donors (Lipinski definition) is 1. The molecular formula is C23H21F5N2O4S. The van der Waals surface area contributed by atoms with Gasteiger partial charge in [-0.05, 0) is 49.4 Å². The average molecular weight is 516 g/mol. The maximum Gasteiger partial charge on any atom is 0.422 e. The van der Waals surface area contributed by atoms with E-state index < -0.39 is 24.3 Å². The Hall–Kier alpha value is -2.99. The van der Waals surface area contributed by atoms with Crippen molar-refractivity contribution < 1.29 is 41.3 Å². The summed E-state index contributed by atoms with van der Waals surface area (Å²) in [6, 6.07) is 7.48. The van der Waals surface area contributed by atoms with E-state index >= 15 is 0 Å². The number of alkyl halides is 5. The second-order valence-electron chi connectivity index (χ2n) is 8.36. The number of pyridine rings is 1. The van der Waals surface area contributed by atoms with Crippen molar-refractivity contribution >= 4 is 11.3 Å². The van der Waals surface area contributed by atoms with Crippen LogP contribution >= 0.6 is 11.3 Å². The number of ether oxygens (including phenoxy) is 2. The summed E-state index contributed by atoms with van der Waals surface area (Å²) < 4.78 is 76.8. The van der Waals surface area contributed by atoms with Gasteiger partial charge < -0.3 is 19.8 Å². The molecule has 1 aliphatic rings. The van der Waals surface area contributed by atoms with Gasteiger partial charge in [0.2, 0.25) is 0 Å². The number of halogens is 5. The number of nitrogens with zero attached hydrogens (tertiary/aromatic N) is 2. The van der Waals surface area contributed by atoms with Crippen molar-refractivity contribution in [3.63, 3.8) is 0 Å². The van der Waals surface area contributed by atoms with Crippen LogP contribution in [0.25, 0.3) is 0 Å². The van der Waals surface area contributed by atoms with Gasteiger partial charge in [0.25, 0.3) is 0 Å². The van der Waals surface area contributed by atoms with E-state index in [0.29, 0.717) is 34.1 Å². The van der Waals surface area contributed by atoms with Crippen molar-refractivity contribution in [3.05, 3.63) is 75.1 Å². The van der Waals surface area contributed by atoms with E-state index in [0.717, 1.165) is 19.0 Å². The van der Waals surface area contributed by atoms with Gasteiger partial charge in [-0.2, -0.15) is 26.7 Å². The summed E-state index contributed by atoms with van der Waals surface area (Å²) in [7, 11) is 0. The quantitative estimate of drug-likeness (QED) is 0.244. The van der Waals surface area contributed by atoms with Crippen LogP contribution in [0.15, 0.2) is 48.9 Å². The van der Waals surface area contributed by atoms with Gasteiger partial charge >= 0.3 is 12.8 Å². The molecule has 2 atom stereocenters. The number of aromatic nitrogens is 2. The lowest BCUT2D eigenvalue weighted by atomic mass is 9.92. The maximum absolute atomic E-state index is 13.4. The fourth-order valence-corrected chi connectivity index (χ4v) is 4.48. The smallest absolute Gasteiger partial charge is 0.422 e. The Labute approximate surface area is 201 Å². The zero-order chi connectivity index (χ0) is 25.4. The van der Waals surface area contributed by atoms with Gasteiger partial charge in [-0.25, -0.2) is 4.98 Å². The first kappa shape index (κ1) is 25.1. The zero-order valence-corrected chi connectivity index (χ0v) is 19.2. The largest absolute Gasteiger partial charge is 0.619 e. The SMILES string of the molecule is CC(O)(c1cnc(C(Cc2cc[n+]([O-])cc2)c2ccc(OC(F)F)c(OC3CC3)c2)s1)C(F)(F)F. The van der Waals surface area contributed by atoms with Gasteiger partial charge in [0, 0.05) is 24.2 Å². The molecule has 1 aromatic carbocycles. The third-order valence-electron chi connectivity index (χ3n) is 5.57. The molecule has 0 saturated heterocycles. The molecule has 6 nitrogen and oxygen atoms in total. The third-order valence-corrected chi connectivity index (χ3v) is 6.89. The van der Waals surface area contributed by atoms with Crippen molar-refractivity contribution in [2.75, 3.05) is 0 Å². The molecule has 2 unspecified atom stereocenters. The highest BCUT2D eigenvalue weighted by atomic mass is 32.1. The Balaban J connectivity index is 1.74. The molecule has 12 heteroatoms. The van der Waals surface area contributed by atoms with E-state index in [2.05, 4.69) is 9.72 Å². The van der Waals surface area contributed by atoms with E-state index in [-0.39, 0.29) is 33.9 Å². The van der Waals surface area contributed by atoms with Crippen LogP contribution in [0.4, 0.5) is 22.0 Å². The second kappa shape index (κ2) is 9.57. The molecule has 2 aromatic heterocycles. The molecule has 1 fully saturated rings. The van der Waals surface area contributed by atoms with Crippen LogP contribution in [0.2, 0.25) is 0 Å². The molecule has 2 heterocycles. The highest BCUT2D eigenvalue weighted by Crippen LogP contribution is 2.44. The minimum Gasteiger partial charge on any atom is -0.619 e. The summed E-state index contributed by atoms with van der Waals surface area (Å²) in [5, 5.41) is 21.8. The summed E-state index contributed by atoms with van der Waals surface area (Å²) in [5.74, 6) is -0.677. The van der Waals surface area contributed by atoms with Crippen LogP contribution in [-0.4, -0.2) is 29.0 Å². The topological polar surface area (TPSA) is 78.5 Å². The Kier molecular flexibility index (Phi) is 6.87. The number of hydrogen-bond acceptors (Lipinski definition) is 6. The summed E-state index contributed by atoms with van der Waals surface area (Å²) in [5.41, 5.74) is -1.86. The lowest BCUT2D eigenvalue weighted by Gasteiger charge is -2.24. The maximum atomic E-state index is 13.4. The van der Waals surface area contributed by atoms with Crippen LogP contribution in [0.3, 0.4) is 0 Å². The van der Waals surface area contributed by atoms with Crippen molar-refractivity contribution in [2.45, 2.75) is 56.6 Å². The second-order valence-corrected chi connectivity index (χ2v) is 9.42. The Morgan fingerprint density at radius 2 is 1.86 bits per heavy atom. The number of benzene rings is 1. The molecule has 4 rings (SSSR count). The van der Waals surface area contributed by atoms with Crippen LogP contribution in [0.5, 0.6) is 11.5 Å². The predicted molar refractivity (Wildman–Crippen MR) is 115 cm³/mol. The minimum atomic E-state index is -4.91. The van der Waals surface area contributed by atoms with E-state index in [9.17, 15) is 32.3 Å². The summed E-state index contributed by atoms with van der Waals surface area (Å²) in [6.45, 7) is -2.41. The first-order valence-corrected chi connectivity index (χ1v) is 11.4. The van der Waals surface area contributed by atoms with Crippen molar-refractivity contribution in [1.29, 1.82) is 0 Å². The van der Waals surface area contributed by atoms with Crippen LogP contribution < -0.4 is 14.2 Å². The molecule has 0 spiro atoms. The first-order valence-electron chi connectivity index (χ1n) is 10.6. The van der Waals surface area contributed by atoms with Crippen molar-refractivity contribution in [3.8, 4) is 11.5 Å². The fraction of sp³-hybridized carbons (Fsp3) is 0.391. The lowest BCUT2D eigenvalue weighted by Crippen LogP contribution is -2.38. The molecule has 0 radical (unpaired) electrons. The van der Waals surface area contributed by atoms with Gasteiger partial charge in [0.05, 0.1) is 11.0 Å². The molecule has 35 heavy (non-hydrogen) atoms. The van der Waals surface area contributed by atoms with Crippen LogP contribution in [0, 0.1) is 5.21 Å². The highest BCUT2D eigenvalue weighted by Gasteiger charge is 2.52. The molecule has 0 amide bonds. The van der Waals surface area contributed by atoms with E-state index in [1.54, 1.807) is 12.1 Å². The van der Waals surface area contributed by atoms with Crippen molar-refractivity contribution in [1.82, 2.24) is 4.98 Å². The number of thiazole rings is 1. The molecule has 3 aromatic rings. The van der Waals surface area contributed by atoms with Crippen molar-refractivity contribution in [2.24, 2.45) is 0 Å². The molecule has 0 aliphatic heterocycles. The standard InChI is InChI=1S/C23H21F5N2O4S/c1-22(31,23(26,27)28)19-12-29-20(35-19)16(10-13-6-8-30(32)9-7-13)14-2-5-17(34-21(24)25)18(11-14)33-15-3-4-15/h2,5-9,11-12,15-16,21,31H,3-4,10H2,1H3. The van der Waals surface area contributed by atoms with E-state index in [4.69, 9.17) is 4.74 Å².